The number of nitrogens with one attached hydrogen (secondary N) is 1. The third-order valence-corrected chi connectivity index (χ3v) is 5.05. The average Bonchev–Trinajstić information content (AvgIpc) is 2.58. The number of rotatable bonds is 2. The Kier molecular flexibility index (Phi) is 3.74. The van der Waals surface area contributed by atoms with E-state index in [-0.39, 0.29) is 5.54 Å². The predicted octanol–water partition coefficient (Wildman–Crippen LogP) is 3.08. The third kappa shape index (κ3) is 2.86. The van der Waals surface area contributed by atoms with E-state index in [1.165, 1.54) is 9.35 Å². The number of hydrogen-bond donors (Lipinski definition) is 1. The van der Waals surface area contributed by atoms with E-state index < -0.39 is 0 Å². The summed E-state index contributed by atoms with van der Waals surface area (Å²) >= 11 is 5.45. The maximum absolute atomic E-state index is 3.61. The molecule has 1 N–H and O–H groups in total. The van der Waals surface area contributed by atoms with Crippen LogP contribution >= 0.6 is 27.3 Å². The smallest absolute Gasteiger partial charge is 0.0343 e. The van der Waals surface area contributed by atoms with Crippen LogP contribution in [-0.2, 0) is 6.54 Å². The van der Waals surface area contributed by atoms with E-state index in [1.807, 2.05) is 11.3 Å². The Morgan fingerprint density at radius 3 is 3.00 bits per heavy atom. The lowest BCUT2D eigenvalue weighted by molar-refractivity contribution is 0.0986. The molecule has 1 unspecified atom stereocenters. The molecule has 1 aromatic heterocycles. The summed E-state index contributed by atoms with van der Waals surface area (Å²) in [7, 11) is 0. The summed E-state index contributed by atoms with van der Waals surface area (Å²) in [5, 5.41) is 5.73. The lowest BCUT2D eigenvalue weighted by atomic mass is 9.99. The molecule has 1 aliphatic heterocycles. The van der Waals surface area contributed by atoms with E-state index in [9.17, 15) is 0 Å². The van der Waals surface area contributed by atoms with Crippen LogP contribution in [0.4, 0.5) is 0 Å². The average molecular weight is 303 g/mol. The van der Waals surface area contributed by atoms with Gasteiger partial charge in [-0.1, -0.05) is 0 Å². The Labute approximate surface area is 110 Å². The first kappa shape index (κ1) is 12.6. The molecule has 90 valence electrons. The lowest BCUT2D eigenvalue weighted by Crippen LogP contribution is -2.60. The lowest BCUT2D eigenvalue weighted by Gasteiger charge is -2.43. The molecule has 2 rings (SSSR count). The van der Waals surface area contributed by atoms with E-state index in [1.54, 1.807) is 0 Å². The first-order chi connectivity index (χ1) is 7.48. The van der Waals surface area contributed by atoms with Gasteiger partial charge in [0.1, 0.15) is 0 Å². The van der Waals surface area contributed by atoms with Crippen molar-refractivity contribution >= 4 is 27.3 Å². The van der Waals surface area contributed by atoms with Crippen molar-refractivity contribution in [2.75, 3.05) is 13.1 Å². The standard InChI is InChI=1S/C12H19BrN2S/c1-9-6-14-12(2,3)8-15(9)7-11-10(13)4-5-16-11/h4-5,9,14H,6-8H2,1-3H3. The molecule has 0 spiro atoms. The highest BCUT2D eigenvalue weighted by Gasteiger charge is 2.30. The molecule has 0 amide bonds. The van der Waals surface area contributed by atoms with Gasteiger partial charge in [-0.25, -0.2) is 0 Å². The highest BCUT2D eigenvalue weighted by molar-refractivity contribution is 9.10. The minimum absolute atomic E-state index is 0.232. The van der Waals surface area contributed by atoms with Crippen molar-refractivity contribution < 1.29 is 0 Å². The Balaban J connectivity index is 2.06. The van der Waals surface area contributed by atoms with E-state index in [0.717, 1.165) is 19.6 Å². The molecule has 4 heteroatoms. The normalized spacial score (nSPS) is 25.9. The highest BCUT2D eigenvalue weighted by Crippen LogP contribution is 2.26. The monoisotopic (exact) mass is 302 g/mol. The molecule has 1 saturated heterocycles. The molecule has 1 atom stereocenters. The minimum atomic E-state index is 0.232. The SMILES string of the molecule is CC1CNC(C)(C)CN1Cc1sccc1Br. The molecular formula is C12H19BrN2S. The first-order valence-corrected chi connectivity index (χ1v) is 7.36. The van der Waals surface area contributed by atoms with Crippen molar-refractivity contribution in [3.05, 3.63) is 20.8 Å². The number of hydrogen-bond acceptors (Lipinski definition) is 3. The van der Waals surface area contributed by atoms with Gasteiger partial charge in [0.25, 0.3) is 0 Å². The fourth-order valence-corrected chi connectivity index (χ4v) is 3.61. The maximum Gasteiger partial charge on any atom is 0.0343 e. The van der Waals surface area contributed by atoms with Gasteiger partial charge in [-0.3, -0.25) is 4.90 Å². The van der Waals surface area contributed by atoms with E-state index in [4.69, 9.17) is 0 Å². The summed E-state index contributed by atoms with van der Waals surface area (Å²) in [6.07, 6.45) is 0. The van der Waals surface area contributed by atoms with Gasteiger partial charge in [-0.2, -0.15) is 0 Å². The van der Waals surface area contributed by atoms with Gasteiger partial charge in [0.05, 0.1) is 0 Å². The quantitative estimate of drug-likeness (QED) is 0.903. The van der Waals surface area contributed by atoms with Crippen LogP contribution in [0.25, 0.3) is 0 Å². The van der Waals surface area contributed by atoms with Crippen LogP contribution in [0.2, 0.25) is 0 Å². The molecule has 1 aliphatic rings. The Bertz CT molecular complexity index is 362. The topological polar surface area (TPSA) is 15.3 Å². The van der Waals surface area contributed by atoms with E-state index in [2.05, 4.69) is 58.4 Å². The highest BCUT2D eigenvalue weighted by atomic mass is 79.9. The van der Waals surface area contributed by atoms with Crippen LogP contribution in [0.5, 0.6) is 0 Å². The van der Waals surface area contributed by atoms with Crippen molar-refractivity contribution in [3.63, 3.8) is 0 Å². The molecule has 0 bridgehead atoms. The molecule has 16 heavy (non-hydrogen) atoms. The zero-order chi connectivity index (χ0) is 11.8. The summed E-state index contributed by atoms with van der Waals surface area (Å²) in [5.74, 6) is 0. The molecule has 0 aromatic carbocycles. The number of halogens is 1. The molecule has 0 saturated carbocycles. The first-order valence-electron chi connectivity index (χ1n) is 5.69. The van der Waals surface area contributed by atoms with Gasteiger partial charge in [-0.15, -0.1) is 11.3 Å². The summed E-state index contributed by atoms with van der Waals surface area (Å²) in [4.78, 5) is 4.00. The number of nitrogens with zero attached hydrogens (tertiary/aromatic N) is 1. The summed E-state index contributed by atoms with van der Waals surface area (Å²) in [5.41, 5.74) is 0.232. The largest absolute Gasteiger partial charge is 0.309 e. The fraction of sp³-hybridized carbons (Fsp3) is 0.667. The fourth-order valence-electron chi connectivity index (χ4n) is 2.11. The van der Waals surface area contributed by atoms with Gasteiger partial charge < -0.3 is 5.32 Å². The number of thiophene rings is 1. The van der Waals surface area contributed by atoms with Crippen molar-refractivity contribution in [2.24, 2.45) is 0 Å². The Morgan fingerprint density at radius 2 is 2.38 bits per heavy atom. The van der Waals surface area contributed by atoms with E-state index in [0.29, 0.717) is 6.04 Å². The predicted molar refractivity (Wildman–Crippen MR) is 74.0 cm³/mol. The van der Waals surface area contributed by atoms with Crippen LogP contribution in [0.1, 0.15) is 25.6 Å². The summed E-state index contributed by atoms with van der Waals surface area (Å²) in [6, 6.07) is 2.75. The minimum Gasteiger partial charge on any atom is -0.309 e. The van der Waals surface area contributed by atoms with Gasteiger partial charge in [0, 0.05) is 40.6 Å². The maximum atomic E-state index is 3.61. The van der Waals surface area contributed by atoms with Crippen molar-refractivity contribution in [2.45, 2.75) is 38.9 Å². The van der Waals surface area contributed by atoms with Crippen molar-refractivity contribution in [3.8, 4) is 0 Å². The Hall–Kier alpha value is 0.100. The van der Waals surface area contributed by atoms with Gasteiger partial charge in [-0.05, 0) is 48.1 Å². The van der Waals surface area contributed by atoms with Crippen molar-refractivity contribution in [1.29, 1.82) is 0 Å². The Morgan fingerprint density at radius 1 is 1.62 bits per heavy atom. The number of piperazine rings is 1. The van der Waals surface area contributed by atoms with Crippen molar-refractivity contribution in [1.82, 2.24) is 10.2 Å². The second kappa shape index (κ2) is 4.77. The van der Waals surface area contributed by atoms with Gasteiger partial charge in [0.2, 0.25) is 0 Å². The third-order valence-electron chi connectivity index (χ3n) is 3.14. The van der Waals surface area contributed by atoms with Crippen LogP contribution in [-0.4, -0.2) is 29.6 Å². The van der Waals surface area contributed by atoms with Gasteiger partial charge in [0.15, 0.2) is 0 Å². The van der Waals surface area contributed by atoms with Gasteiger partial charge >= 0.3 is 0 Å². The molecule has 0 aliphatic carbocycles. The second-order valence-corrected chi connectivity index (χ2v) is 7.07. The molecular weight excluding hydrogens is 284 g/mol. The zero-order valence-electron chi connectivity index (χ0n) is 10.1. The van der Waals surface area contributed by atoms with Crippen LogP contribution in [0, 0.1) is 0 Å². The molecule has 1 fully saturated rings. The van der Waals surface area contributed by atoms with Crippen LogP contribution < -0.4 is 5.32 Å². The second-order valence-electron chi connectivity index (χ2n) is 5.21. The van der Waals surface area contributed by atoms with Crippen LogP contribution in [0.15, 0.2) is 15.9 Å². The molecule has 0 radical (unpaired) electrons. The summed E-state index contributed by atoms with van der Waals surface area (Å²) < 4.78 is 1.25. The van der Waals surface area contributed by atoms with E-state index >= 15 is 0 Å². The zero-order valence-corrected chi connectivity index (χ0v) is 12.5. The summed E-state index contributed by atoms with van der Waals surface area (Å²) in [6.45, 7) is 10.1. The van der Waals surface area contributed by atoms with Crippen LogP contribution in [0.3, 0.4) is 0 Å². The molecule has 2 nitrogen and oxygen atoms in total. The molecule has 2 heterocycles. The molecule has 1 aromatic rings.